The lowest BCUT2D eigenvalue weighted by atomic mass is 10.0. The van der Waals surface area contributed by atoms with E-state index in [1.54, 1.807) is 26.8 Å². The van der Waals surface area contributed by atoms with Crippen LogP contribution in [0.3, 0.4) is 0 Å². The normalized spacial score (nSPS) is 15.2. The highest BCUT2D eigenvalue weighted by atomic mass is 19.1. The van der Waals surface area contributed by atoms with Crippen LogP contribution in [-0.2, 0) is 9.53 Å². The van der Waals surface area contributed by atoms with Crippen LogP contribution in [0.5, 0.6) is 0 Å². The first-order chi connectivity index (χ1) is 13.9. The summed E-state index contributed by atoms with van der Waals surface area (Å²) in [5, 5.41) is 6.11. The van der Waals surface area contributed by atoms with Crippen LogP contribution in [0, 0.1) is 25.6 Å². The molecule has 154 valence electrons. The van der Waals surface area contributed by atoms with E-state index in [0.29, 0.717) is 41.1 Å². The van der Waals surface area contributed by atoms with Gasteiger partial charge >= 0.3 is 0 Å². The van der Waals surface area contributed by atoms with E-state index in [0.717, 1.165) is 31.6 Å². The molecular weight excluding hydrogens is 373 g/mol. The van der Waals surface area contributed by atoms with Crippen molar-refractivity contribution >= 4 is 28.8 Å². The summed E-state index contributed by atoms with van der Waals surface area (Å²) in [7, 11) is 0. The maximum absolute atomic E-state index is 13.4. The first kappa shape index (κ1) is 20.9. The van der Waals surface area contributed by atoms with Gasteiger partial charge in [0.25, 0.3) is 5.91 Å². The van der Waals surface area contributed by atoms with Gasteiger partial charge in [-0.15, -0.1) is 0 Å². The van der Waals surface area contributed by atoms with Gasteiger partial charge in [-0.1, -0.05) is 0 Å². The molecule has 0 radical (unpaired) electrons. The molecule has 3 rings (SSSR count). The van der Waals surface area contributed by atoms with E-state index in [-0.39, 0.29) is 11.7 Å². The number of rotatable bonds is 6. The van der Waals surface area contributed by atoms with Gasteiger partial charge in [-0.05, 0) is 63.3 Å². The summed E-state index contributed by atoms with van der Waals surface area (Å²) in [6, 6.07) is 4.46. The Bertz CT molecular complexity index is 910. The van der Waals surface area contributed by atoms with Crippen LogP contribution in [0.25, 0.3) is 0 Å². The van der Waals surface area contributed by atoms with Gasteiger partial charge in [0.05, 0.1) is 5.69 Å². The number of anilines is 2. The first-order valence-corrected chi connectivity index (χ1v) is 9.70. The Morgan fingerprint density at radius 3 is 2.76 bits per heavy atom. The smallest absolute Gasteiger partial charge is 0.265 e. The average molecular weight is 399 g/mol. The predicted octanol–water partition coefficient (Wildman–Crippen LogP) is 3.61. The second kappa shape index (κ2) is 9.56. The lowest BCUT2D eigenvalue weighted by molar-refractivity contribution is -0.115. The zero-order valence-corrected chi connectivity index (χ0v) is 17.0. The monoisotopic (exact) mass is 399 g/mol. The summed E-state index contributed by atoms with van der Waals surface area (Å²) in [5.41, 5.74) is 2.90. The van der Waals surface area contributed by atoms with Crippen LogP contribution in [-0.4, -0.2) is 41.3 Å². The van der Waals surface area contributed by atoms with Crippen LogP contribution >= 0.6 is 0 Å². The third kappa shape index (κ3) is 5.57. The highest BCUT2D eigenvalue weighted by Gasteiger charge is 2.17. The summed E-state index contributed by atoms with van der Waals surface area (Å²) >= 11 is 0. The molecular formula is C21H26FN5O2. The lowest BCUT2D eigenvalue weighted by Crippen LogP contribution is -2.35. The maximum atomic E-state index is 13.4. The second-order valence-electron chi connectivity index (χ2n) is 7.20. The predicted molar refractivity (Wildman–Crippen MR) is 111 cm³/mol. The second-order valence-corrected chi connectivity index (χ2v) is 7.20. The number of ether oxygens (including phenoxy) is 1. The van der Waals surface area contributed by atoms with Crippen LogP contribution in [0.1, 0.15) is 31.0 Å². The summed E-state index contributed by atoms with van der Waals surface area (Å²) in [4.78, 5) is 25.4. The van der Waals surface area contributed by atoms with Crippen LogP contribution in [0.15, 0.2) is 29.5 Å². The summed E-state index contributed by atoms with van der Waals surface area (Å²) in [5.74, 6) is 0.371. The van der Waals surface area contributed by atoms with Gasteiger partial charge in [-0.3, -0.25) is 4.79 Å². The third-order valence-electron chi connectivity index (χ3n) is 4.95. The number of amides is 1. The number of aryl methyl sites for hydroxylation is 2. The van der Waals surface area contributed by atoms with Crippen LogP contribution < -0.4 is 10.6 Å². The molecule has 0 spiro atoms. The molecule has 29 heavy (non-hydrogen) atoms. The van der Waals surface area contributed by atoms with Gasteiger partial charge in [0.1, 0.15) is 23.5 Å². The highest BCUT2D eigenvalue weighted by Crippen LogP contribution is 2.29. The lowest BCUT2D eigenvalue weighted by Gasteiger charge is -2.22. The van der Waals surface area contributed by atoms with Crippen molar-refractivity contribution in [1.82, 2.24) is 15.3 Å². The van der Waals surface area contributed by atoms with Crippen molar-refractivity contribution in [3.63, 3.8) is 0 Å². The molecule has 2 heterocycles. The quantitative estimate of drug-likeness (QED) is 0.725. The fourth-order valence-electron chi connectivity index (χ4n) is 3.12. The Morgan fingerprint density at radius 2 is 2.03 bits per heavy atom. The number of aliphatic imine (C=N–C) groups is 1. The van der Waals surface area contributed by atoms with Crippen molar-refractivity contribution in [1.29, 1.82) is 0 Å². The van der Waals surface area contributed by atoms with E-state index in [1.165, 1.54) is 18.5 Å². The van der Waals surface area contributed by atoms with Gasteiger partial charge < -0.3 is 15.4 Å². The molecule has 0 atom stereocenters. The minimum absolute atomic E-state index is 0.219. The van der Waals surface area contributed by atoms with Crippen molar-refractivity contribution in [2.75, 3.05) is 25.1 Å². The standard InChI is InChI=1S/C21H26FN5O2/c1-13-10-17(22)4-5-18(13)27-20-19(14(2)24-12-25-20)26-15(3)21(28)23-11-16-6-8-29-9-7-16/h4-5,10,12,16H,6-9,11H2,1-3H3,(H,23,28)(H,24,25,27). The van der Waals surface area contributed by atoms with Crippen LogP contribution in [0.2, 0.25) is 0 Å². The Kier molecular flexibility index (Phi) is 6.87. The Hall–Kier alpha value is -2.87. The van der Waals surface area contributed by atoms with E-state index in [2.05, 4.69) is 25.6 Å². The number of aromatic nitrogens is 2. The third-order valence-corrected chi connectivity index (χ3v) is 4.95. The van der Waals surface area contributed by atoms with Crippen LogP contribution in [0.4, 0.5) is 21.6 Å². The molecule has 1 aliphatic rings. The number of carbonyl (C=O) groups excluding carboxylic acids is 1. The van der Waals surface area contributed by atoms with Crippen molar-refractivity contribution in [2.24, 2.45) is 10.9 Å². The number of benzene rings is 1. The molecule has 1 aromatic carbocycles. The summed E-state index contributed by atoms with van der Waals surface area (Å²) in [6.07, 6.45) is 3.33. The van der Waals surface area contributed by atoms with Crippen molar-refractivity contribution in [3.8, 4) is 0 Å². The minimum Gasteiger partial charge on any atom is -0.381 e. The molecule has 0 bridgehead atoms. The van der Waals surface area contributed by atoms with Gasteiger partial charge in [0.2, 0.25) is 0 Å². The highest BCUT2D eigenvalue weighted by molar-refractivity contribution is 6.38. The fourth-order valence-corrected chi connectivity index (χ4v) is 3.12. The topological polar surface area (TPSA) is 88.5 Å². The zero-order chi connectivity index (χ0) is 20.8. The molecule has 1 saturated heterocycles. The number of nitrogens with one attached hydrogen (secondary N) is 2. The van der Waals surface area contributed by atoms with E-state index < -0.39 is 0 Å². The molecule has 1 aliphatic heterocycles. The molecule has 1 fully saturated rings. The molecule has 0 unspecified atom stereocenters. The van der Waals surface area contributed by atoms with E-state index in [9.17, 15) is 9.18 Å². The Labute approximate surface area is 169 Å². The van der Waals surface area contributed by atoms with Gasteiger partial charge in [-0.2, -0.15) is 0 Å². The molecule has 2 N–H and O–H groups in total. The molecule has 0 saturated carbocycles. The number of hydrogen-bond donors (Lipinski definition) is 2. The zero-order valence-electron chi connectivity index (χ0n) is 17.0. The molecule has 7 nitrogen and oxygen atoms in total. The average Bonchev–Trinajstić information content (AvgIpc) is 2.71. The maximum Gasteiger partial charge on any atom is 0.265 e. The van der Waals surface area contributed by atoms with Crippen molar-refractivity contribution < 1.29 is 13.9 Å². The summed E-state index contributed by atoms with van der Waals surface area (Å²) < 4.78 is 18.7. The molecule has 2 aromatic rings. The SMILES string of the molecule is CC(=Nc1c(C)ncnc1Nc1ccc(F)cc1C)C(=O)NCC1CCOCC1. The molecule has 1 amide bonds. The van der Waals surface area contributed by atoms with Crippen molar-refractivity contribution in [2.45, 2.75) is 33.6 Å². The van der Waals surface area contributed by atoms with Gasteiger partial charge in [0.15, 0.2) is 5.82 Å². The first-order valence-electron chi connectivity index (χ1n) is 9.70. The largest absolute Gasteiger partial charge is 0.381 e. The van der Waals surface area contributed by atoms with E-state index >= 15 is 0 Å². The van der Waals surface area contributed by atoms with Crippen molar-refractivity contribution in [3.05, 3.63) is 41.6 Å². The Balaban J connectivity index is 1.75. The number of hydrogen-bond acceptors (Lipinski definition) is 6. The Morgan fingerprint density at radius 1 is 1.28 bits per heavy atom. The van der Waals surface area contributed by atoms with Gasteiger partial charge in [0, 0.05) is 25.4 Å². The fraction of sp³-hybridized carbons (Fsp3) is 0.429. The summed E-state index contributed by atoms with van der Waals surface area (Å²) in [6.45, 7) is 7.36. The molecule has 8 heteroatoms. The molecule has 1 aromatic heterocycles. The number of nitrogens with zero attached hydrogens (tertiary/aromatic N) is 3. The molecule has 0 aliphatic carbocycles. The van der Waals surface area contributed by atoms with E-state index in [4.69, 9.17) is 4.74 Å². The van der Waals surface area contributed by atoms with E-state index in [1.807, 2.05) is 0 Å². The number of halogens is 1. The number of carbonyl (C=O) groups is 1. The van der Waals surface area contributed by atoms with Gasteiger partial charge in [-0.25, -0.2) is 19.4 Å². The minimum atomic E-state index is -0.304.